The maximum absolute atomic E-state index is 12.8. The first-order valence-electron chi connectivity index (χ1n) is 10.8. The third kappa shape index (κ3) is 7.01. The predicted molar refractivity (Wildman–Crippen MR) is 124 cm³/mol. The van der Waals surface area contributed by atoms with E-state index in [1.165, 1.54) is 23.8 Å². The van der Waals surface area contributed by atoms with E-state index in [2.05, 4.69) is 25.5 Å². The molecule has 0 radical (unpaired) electrons. The number of carboxylic acid groups (broad SMARTS) is 1. The van der Waals surface area contributed by atoms with E-state index in [1.807, 2.05) is 24.3 Å². The monoisotopic (exact) mass is 472 g/mol. The molecule has 0 amide bonds. The number of aliphatic carboxylic acids is 1. The number of rotatable bonds is 8. The highest BCUT2D eigenvalue weighted by Gasteiger charge is 2.32. The second kappa shape index (κ2) is 10.2. The Hall–Kier alpha value is -3.48. The van der Waals surface area contributed by atoms with Crippen molar-refractivity contribution in [1.29, 1.82) is 0 Å². The predicted octanol–water partition coefficient (Wildman–Crippen LogP) is 7.15. The Bertz CT molecular complexity index is 1130. The van der Waals surface area contributed by atoms with Gasteiger partial charge in [-0.1, -0.05) is 69.3 Å². The highest BCUT2D eigenvalue weighted by Crippen LogP contribution is 2.36. The molecule has 0 saturated heterocycles. The number of hydrogen-bond acceptors (Lipinski definition) is 3. The standard InChI is InChI=1S/C27H27F3O4/c1-26(2,3)21-12-8-18(9-13-21)17-33-23-14-10-19(16-20(23)11-15-25(31)32)22-6-4-5-7-24(22)34-27(28,29)30/h4-10,12-14,16H,11,15,17H2,1-3H3,(H,31,32). The average Bonchev–Trinajstić information content (AvgIpc) is 2.75. The van der Waals surface area contributed by atoms with Gasteiger partial charge in [-0.15, -0.1) is 13.2 Å². The van der Waals surface area contributed by atoms with Crippen LogP contribution in [0.2, 0.25) is 0 Å². The molecule has 0 bridgehead atoms. The molecule has 0 unspecified atom stereocenters. The van der Waals surface area contributed by atoms with E-state index in [9.17, 15) is 18.0 Å². The Kier molecular flexibility index (Phi) is 7.54. The number of ether oxygens (including phenoxy) is 2. The average molecular weight is 473 g/mol. The number of alkyl halides is 3. The summed E-state index contributed by atoms with van der Waals surface area (Å²) >= 11 is 0. The Morgan fingerprint density at radius 1 is 0.912 bits per heavy atom. The van der Waals surface area contributed by atoms with Crippen molar-refractivity contribution in [3.8, 4) is 22.6 Å². The second-order valence-electron chi connectivity index (χ2n) is 9.00. The van der Waals surface area contributed by atoms with Gasteiger partial charge >= 0.3 is 12.3 Å². The van der Waals surface area contributed by atoms with Gasteiger partial charge in [0, 0.05) is 12.0 Å². The number of para-hydroxylation sites is 1. The number of aryl methyl sites for hydroxylation is 1. The van der Waals surface area contributed by atoms with Crippen molar-refractivity contribution in [2.75, 3.05) is 0 Å². The van der Waals surface area contributed by atoms with Crippen LogP contribution in [0.5, 0.6) is 11.5 Å². The molecule has 34 heavy (non-hydrogen) atoms. The van der Waals surface area contributed by atoms with Crippen LogP contribution in [0.4, 0.5) is 13.2 Å². The van der Waals surface area contributed by atoms with Gasteiger partial charge in [0.15, 0.2) is 0 Å². The first-order chi connectivity index (χ1) is 15.9. The van der Waals surface area contributed by atoms with Gasteiger partial charge in [0.1, 0.15) is 18.1 Å². The van der Waals surface area contributed by atoms with Crippen molar-refractivity contribution >= 4 is 5.97 Å². The van der Waals surface area contributed by atoms with Gasteiger partial charge in [0.05, 0.1) is 0 Å². The quantitative estimate of drug-likeness (QED) is 0.378. The molecular formula is C27H27F3O4. The lowest BCUT2D eigenvalue weighted by molar-refractivity contribution is -0.274. The SMILES string of the molecule is CC(C)(C)c1ccc(COc2ccc(-c3ccccc3OC(F)(F)F)cc2CCC(=O)O)cc1. The van der Waals surface area contributed by atoms with Gasteiger partial charge in [-0.3, -0.25) is 4.79 Å². The summed E-state index contributed by atoms with van der Waals surface area (Å²) in [4.78, 5) is 11.2. The molecule has 0 aromatic heterocycles. The highest BCUT2D eigenvalue weighted by atomic mass is 19.4. The molecule has 180 valence electrons. The molecule has 3 aromatic carbocycles. The Balaban J connectivity index is 1.87. The topological polar surface area (TPSA) is 55.8 Å². The summed E-state index contributed by atoms with van der Waals surface area (Å²) < 4.78 is 48.7. The van der Waals surface area contributed by atoms with Crippen LogP contribution in [-0.2, 0) is 23.2 Å². The number of hydrogen-bond donors (Lipinski definition) is 1. The van der Waals surface area contributed by atoms with Crippen LogP contribution >= 0.6 is 0 Å². The normalized spacial score (nSPS) is 11.8. The first kappa shape index (κ1) is 25.1. The van der Waals surface area contributed by atoms with Gasteiger partial charge in [-0.25, -0.2) is 0 Å². The minimum atomic E-state index is -4.83. The lowest BCUT2D eigenvalue weighted by atomic mass is 9.87. The van der Waals surface area contributed by atoms with E-state index in [4.69, 9.17) is 9.84 Å². The zero-order chi connectivity index (χ0) is 24.9. The molecule has 0 spiro atoms. The summed E-state index contributed by atoms with van der Waals surface area (Å²) in [5.41, 5.74) is 3.49. The maximum Gasteiger partial charge on any atom is 0.573 e. The van der Waals surface area contributed by atoms with Gasteiger partial charge in [0.2, 0.25) is 0 Å². The molecule has 7 heteroatoms. The van der Waals surface area contributed by atoms with E-state index in [-0.39, 0.29) is 36.2 Å². The van der Waals surface area contributed by atoms with Crippen LogP contribution in [-0.4, -0.2) is 17.4 Å². The number of halogens is 3. The summed E-state index contributed by atoms with van der Waals surface area (Å²) in [5.74, 6) is -0.819. The minimum absolute atomic E-state index is 0.0331. The Labute approximate surface area is 197 Å². The summed E-state index contributed by atoms with van der Waals surface area (Å²) in [6, 6.07) is 18.8. The van der Waals surface area contributed by atoms with Crippen LogP contribution < -0.4 is 9.47 Å². The number of carboxylic acids is 1. The molecule has 0 saturated carbocycles. The number of benzene rings is 3. The van der Waals surface area contributed by atoms with Crippen molar-refractivity contribution in [2.24, 2.45) is 0 Å². The Morgan fingerprint density at radius 3 is 2.21 bits per heavy atom. The zero-order valence-electron chi connectivity index (χ0n) is 19.3. The van der Waals surface area contributed by atoms with E-state index >= 15 is 0 Å². The van der Waals surface area contributed by atoms with Crippen LogP contribution in [0.25, 0.3) is 11.1 Å². The van der Waals surface area contributed by atoms with Crippen LogP contribution in [0, 0.1) is 0 Å². The lowest BCUT2D eigenvalue weighted by Crippen LogP contribution is -2.17. The molecule has 0 aliphatic heterocycles. The van der Waals surface area contributed by atoms with Gasteiger partial charge < -0.3 is 14.6 Å². The Morgan fingerprint density at radius 2 is 1.59 bits per heavy atom. The summed E-state index contributed by atoms with van der Waals surface area (Å²) in [6.07, 6.45) is -4.79. The van der Waals surface area contributed by atoms with Crippen molar-refractivity contribution in [1.82, 2.24) is 0 Å². The zero-order valence-corrected chi connectivity index (χ0v) is 19.3. The molecule has 0 aliphatic rings. The highest BCUT2D eigenvalue weighted by molar-refractivity contribution is 5.72. The molecule has 3 rings (SSSR count). The molecule has 0 atom stereocenters. The summed E-state index contributed by atoms with van der Waals surface area (Å²) in [7, 11) is 0. The van der Waals surface area contributed by atoms with Crippen LogP contribution in [0.3, 0.4) is 0 Å². The fraction of sp³-hybridized carbons (Fsp3) is 0.296. The number of carbonyl (C=O) groups is 1. The van der Waals surface area contributed by atoms with E-state index in [1.54, 1.807) is 24.3 Å². The molecule has 0 aliphatic carbocycles. The molecule has 4 nitrogen and oxygen atoms in total. The second-order valence-corrected chi connectivity index (χ2v) is 9.00. The summed E-state index contributed by atoms with van der Waals surface area (Å²) in [5, 5.41) is 9.14. The third-order valence-electron chi connectivity index (χ3n) is 5.31. The van der Waals surface area contributed by atoms with Crippen LogP contribution in [0.1, 0.15) is 43.9 Å². The van der Waals surface area contributed by atoms with Crippen molar-refractivity contribution in [3.63, 3.8) is 0 Å². The molecule has 1 N–H and O–H groups in total. The van der Waals surface area contributed by atoms with Crippen LogP contribution in [0.15, 0.2) is 66.7 Å². The molecular weight excluding hydrogens is 445 g/mol. The maximum atomic E-state index is 12.8. The van der Waals surface area contributed by atoms with E-state index < -0.39 is 12.3 Å². The largest absolute Gasteiger partial charge is 0.573 e. The van der Waals surface area contributed by atoms with Gasteiger partial charge in [-0.2, -0.15) is 0 Å². The minimum Gasteiger partial charge on any atom is -0.489 e. The summed E-state index contributed by atoms with van der Waals surface area (Å²) in [6.45, 7) is 6.67. The van der Waals surface area contributed by atoms with Crippen molar-refractivity contribution in [2.45, 2.75) is 52.0 Å². The van der Waals surface area contributed by atoms with Crippen molar-refractivity contribution in [3.05, 3.63) is 83.4 Å². The molecule has 3 aromatic rings. The fourth-order valence-corrected chi connectivity index (χ4v) is 3.51. The molecule has 0 heterocycles. The third-order valence-corrected chi connectivity index (χ3v) is 5.31. The van der Waals surface area contributed by atoms with Crippen molar-refractivity contribution < 1.29 is 32.5 Å². The smallest absolute Gasteiger partial charge is 0.489 e. The van der Waals surface area contributed by atoms with E-state index in [0.717, 1.165) is 5.56 Å². The lowest BCUT2D eigenvalue weighted by Gasteiger charge is -2.19. The fourth-order valence-electron chi connectivity index (χ4n) is 3.51. The first-order valence-corrected chi connectivity index (χ1v) is 10.8. The van der Waals surface area contributed by atoms with Gasteiger partial charge in [0.25, 0.3) is 0 Å². The van der Waals surface area contributed by atoms with E-state index in [0.29, 0.717) is 16.9 Å². The molecule has 0 fully saturated rings. The van der Waals surface area contributed by atoms with Gasteiger partial charge in [-0.05, 0) is 52.3 Å².